The summed E-state index contributed by atoms with van der Waals surface area (Å²) in [6.07, 6.45) is 5.64. The molecule has 1 aromatic carbocycles. The molecule has 25 heavy (non-hydrogen) atoms. The van der Waals surface area contributed by atoms with Crippen LogP contribution in [0.3, 0.4) is 0 Å². The van der Waals surface area contributed by atoms with Crippen molar-refractivity contribution in [2.75, 3.05) is 5.32 Å². The van der Waals surface area contributed by atoms with E-state index in [1.165, 1.54) is 6.42 Å². The summed E-state index contributed by atoms with van der Waals surface area (Å²) in [7, 11) is 0. The van der Waals surface area contributed by atoms with Gasteiger partial charge in [-0.25, -0.2) is 0 Å². The maximum atomic E-state index is 11.8. The van der Waals surface area contributed by atoms with E-state index in [2.05, 4.69) is 23.1 Å². The molecular formula is C18H26ClN3O3. The summed E-state index contributed by atoms with van der Waals surface area (Å²) in [4.78, 5) is 35.0. The first kappa shape index (κ1) is 21.0. The zero-order valence-electron chi connectivity index (χ0n) is 14.6. The van der Waals surface area contributed by atoms with Crippen molar-refractivity contribution in [1.29, 1.82) is 0 Å². The Bertz CT molecular complexity index is 578. The maximum Gasteiger partial charge on any atom is 0.238 e. The number of hydrogen-bond acceptors (Lipinski definition) is 3. The number of carbonyl (C=O) groups is 3. The molecule has 0 saturated heterocycles. The largest absolute Gasteiger partial charge is 0.325 e. The van der Waals surface area contributed by atoms with Crippen molar-refractivity contribution in [3.63, 3.8) is 0 Å². The van der Waals surface area contributed by atoms with Crippen molar-refractivity contribution >= 4 is 35.0 Å². The molecule has 1 aromatic rings. The molecule has 0 spiro atoms. The number of amides is 3. The molecule has 0 radical (unpaired) electrons. The fraction of sp³-hybridized carbons (Fsp3) is 0.500. The second-order valence-electron chi connectivity index (χ2n) is 5.79. The first-order chi connectivity index (χ1) is 12.0. The Morgan fingerprint density at radius 2 is 1.44 bits per heavy atom. The van der Waals surface area contributed by atoms with Gasteiger partial charge in [0.25, 0.3) is 0 Å². The molecule has 0 aromatic heterocycles. The third-order valence-electron chi connectivity index (χ3n) is 3.58. The van der Waals surface area contributed by atoms with Crippen LogP contribution in [-0.2, 0) is 14.4 Å². The highest BCUT2D eigenvalue weighted by atomic mass is 35.5. The Kier molecular flexibility index (Phi) is 10.3. The van der Waals surface area contributed by atoms with Crippen LogP contribution in [0.1, 0.15) is 58.3 Å². The standard InChI is InChI=1S/C18H26ClN3O3/c1-2-3-4-5-6-11-17(24)21-22-18(25)13-12-16(23)20-15-10-8-7-9-14(15)19/h7-10H,2-6,11-13H2,1H3,(H,20,23)(H,21,24)(H,22,25). The van der Waals surface area contributed by atoms with Crippen molar-refractivity contribution in [3.8, 4) is 0 Å². The minimum absolute atomic E-state index is 0.00391. The molecule has 0 aliphatic heterocycles. The van der Waals surface area contributed by atoms with Crippen LogP contribution in [0.2, 0.25) is 5.02 Å². The third-order valence-corrected chi connectivity index (χ3v) is 3.91. The number of nitrogens with one attached hydrogen (secondary N) is 3. The van der Waals surface area contributed by atoms with Gasteiger partial charge in [-0.3, -0.25) is 25.2 Å². The van der Waals surface area contributed by atoms with Crippen molar-refractivity contribution in [3.05, 3.63) is 29.3 Å². The van der Waals surface area contributed by atoms with Crippen molar-refractivity contribution in [1.82, 2.24) is 10.9 Å². The van der Waals surface area contributed by atoms with E-state index in [0.717, 1.165) is 25.7 Å². The van der Waals surface area contributed by atoms with Crippen LogP contribution in [-0.4, -0.2) is 17.7 Å². The molecule has 0 fully saturated rings. The van der Waals surface area contributed by atoms with Gasteiger partial charge in [0.15, 0.2) is 0 Å². The van der Waals surface area contributed by atoms with E-state index in [9.17, 15) is 14.4 Å². The lowest BCUT2D eigenvalue weighted by molar-refractivity contribution is -0.129. The van der Waals surface area contributed by atoms with Crippen LogP contribution in [0.25, 0.3) is 0 Å². The number of hydrogen-bond donors (Lipinski definition) is 3. The Labute approximate surface area is 153 Å². The number of carbonyl (C=O) groups excluding carboxylic acids is 3. The Balaban J connectivity index is 2.14. The van der Waals surface area contributed by atoms with Gasteiger partial charge in [0.2, 0.25) is 17.7 Å². The fourth-order valence-electron chi connectivity index (χ4n) is 2.16. The van der Waals surface area contributed by atoms with Gasteiger partial charge in [-0.1, -0.05) is 56.3 Å². The molecule has 0 unspecified atom stereocenters. The molecule has 0 aliphatic carbocycles. The maximum absolute atomic E-state index is 11.8. The number of para-hydroxylation sites is 1. The topological polar surface area (TPSA) is 87.3 Å². The van der Waals surface area contributed by atoms with Crippen LogP contribution < -0.4 is 16.2 Å². The van der Waals surface area contributed by atoms with E-state index in [1.54, 1.807) is 24.3 Å². The van der Waals surface area contributed by atoms with Crippen molar-refractivity contribution < 1.29 is 14.4 Å². The van der Waals surface area contributed by atoms with Crippen molar-refractivity contribution in [2.45, 2.75) is 58.3 Å². The van der Waals surface area contributed by atoms with E-state index >= 15 is 0 Å². The summed E-state index contributed by atoms with van der Waals surface area (Å²) in [6, 6.07) is 6.87. The summed E-state index contributed by atoms with van der Waals surface area (Å²) in [5.74, 6) is -0.940. The number of rotatable bonds is 10. The lowest BCUT2D eigenvalue weighted by Gasteiger charge is -2.08. The SMILES string of the molecule is CCCCCCCC(=O)NNC(=O)CCC(=O)Nc1ccccc1Cl. The van der Waals surface area contributed by atoms with Crippen LogP contribution in [0.5, 0.6) is 0 Å². The van der Waals surface area contributed by atoms with E-state index < -0.39 is 5.91 Å². The second-order valence-corrected chi connectivity index (χ2v) is 6.20. The van der Waals surface area contributed by atoms with Crippen LogP contribution >= 0.6 is 11.6 Å². The molecule has 3 N–H and O–H groups in total. The van der Waals surface area contributed by atoms with Crippen LogP contribution in [0, 0.1) is 0 Å². The van der Waals surface area contributed by atoms with Crippen LogP contribution in [0.15, 0.2) is 24.3 Å². The summed E-state index contributed by atoms with van der Waals surface area (Å²) in [6.45, 7) is 2.14. The summed E-state index contributed by atoms with van der Waals surface area (Å²) in [5, 5.41) is 3.07. The highest BCUT2D eigenvalue weighted by Crippen LogP contribution is 2.20. The Morgan fingerprint density at radius 1 is 0.840 bits per heavy atom. The van der Waals surface area contributed by atoms with E-state index in [1.807, 2.05) is 0 Å². The zero-order valence-corrected chi connectivity index (χ0v) is 15.3. The highest BCUT2D eigenvalue weighted by molar-refractivity contribution is 6.33. The quantitative estimate of drug-likeness (QED) is 0.436. The number of unbranched alkanes of at least 4 members (excludes halogenated alkanes) is 4. The fourth-order valence-corrected chi connectivity index (χ4v) is 2.34. The summed E-state index contributed by atoms with van der Waals surface area (Å²) in [5.41, 5.74) is 5.19. The number of benzene rings is 1. The smallest absolute Gasteiger partial charge is 0.238 e. The predicted octanol–water partition coefficient (Wildman–Crippen LogP) is 3.57. The van der Waals surface area contributed by atoms with E-state index in [-0.39, 0.29) is 24.7 Å². The monoisotopic (exact) mass is 367 g/mol. The number of hydrazine groups is 1. The molecule has 0 atom stereocenters. The second kappa shape index (κ2) is 12.3. The lowest BCUT2D eigenvalue weighted by Crippen LogP contribution is -2.41. The minimum atomic E-state index is -0.409. The van der Waals surface area contributed by atoms with Gasteiger partial charge in [-0.15, -0.1) is 0 Å². The molecule has 3 amide bonds. The first-order valence-corrected chi connectivity index (χ1v) is 9.02. The van der Waals surface area contributed by atoms with Gasteiger partial charge >= 0.3 is 0 Å². The molecular weight excluding hydrogens is 342 g/mol. The molecule has 1 rings (SSSR count). The highest BCUT2D eigenvalue weighted by Gasteiger charge is 2.09. The van der Waals surface area contributed by atoms with Crippen LogP contribution in [0.4, 0.5) is 5.69 Å². The van der Waals surface area contributed by atoms with E-state index in [4.69, 9.17) is 11.6 Å². The van der Waals surface area contributed by atoms with Gasteiger partial charge in [-0.2, -0.15) is 0 Å². The van der Waals surface area contributed by atoms with Gasteiger partial charge in [0.05, 0.1) is 10.7 Å². The minimum Gasteiger partial charge on any atom is -0.325 e. The molecule has 7 heteroatoms. The first-order valence-electron chi connectivity index (χ1n) is 8.65. The summed E-state index contributed by atoms with van der Waals surface area (Å²) < 4.78 is 0. The van der Waals surface area contributed by atoms with Crippen molar-refractivity contribution in [2.24, 2.45) is 0 Å². The molecule has 0 aliphatic rings. The average molecular weight is 368 g/mol. The summed E-state index contributed by atoms with van der Waals surface area (Å²) >= 11 is 5.94. The Hall–Kier alpha value is -2.08. The average Bonchev–Trinajstić information content (AvgIpc) is 2.60. The van der Waals surface area contributed by atoms with Gasteiger partial charge < -0.3 is 5.32 Å². The molecule has 0 bridgehead atoms. The Morgan fingerprint density at radius 3 is 2.12 bits per heavy atom. The van der Waals surface area contributed by atoms with Gasteiger partial charge in [0.1, 0.15) is 0 Å². The molecule has 0 saturated carbocycles. The van der Waals surface area contributed by atoms with Gasteiger partial charge in [0, 0.05) is 19.3 Å². The molecule has 138 valence electrons. The normalized spacial score (nSPS) is 10.2. The zero-order chi connectivity index (χ0) is 18.5. The lowest BCUT2D eigenvalue weighted by atomic mass is 10.1. The molecule has 6 nitrogen and oxygen atoms in total. The third kappa shape index (κ3) is 9.72. The number of anilines is 1. The number of halogens is 1. The predicted molar refractivity (Wildman–Crippen MR) is 99.0 cm³/mol. The molecule has 0 heterocycles. The van der Waals surface area contributed by atoms with Gasteiger partial charge in [-0.05, 0) is 18.6 Å². The van der Waals surface area contributed by atoms with E-state index in [0.29, 0.717) is 17.1 Å².